The summed E-state index contributed by atoms with van der Waals surface area (Å²) in [5.74, 6) is -0.957. The van der Waals surface area contributed by atoms with Crippen molar-refractivity contribution >= 4 is 22.7 Å². The highest BCUT2D eigenvalue weighted by Crippen LogP contribution is 2.31. The van der Waals surface area contributed by atoms with E-state index in [1.165, 1.54) is 6.92 Å². The van der Waals surface area contributed by atoms with E-state index in [2.05, 4.69) is 4.98 Å². The topological polar surface area (TPSA) is 73.1 Å². The van der Waals surface area contributed by atoms with Crippen molar-refractivity contribution in [2.45, 2.75) is 13.3 Å². The van der Waals surface area contributed by atoms with Crippen molar-refractivity contribution < 1.29 is 18.5 Å². The van der Waals surface area contributed by atoms with Crippen molar-refractivity contribution in [3.05, 3.63) is 33.0 Å². The first kappa shape index (κ1) is 12.4. The predicted molar refractivity (Wildman–Crippen MR) is 50.8 cm³/mol. The second-order valence-corrected chi connectivity index (χ2v) is 3.23. The van der Waals surface area contributed by atoms with E-state index in [1.807, 2.05) is 0 Å². The molecule has 0 aliphatic rings. The van der Waals surface area contributed by atoms with Crippen LogP contribution >= 0.6 is 11.6 Å². The van der Waals surface area contributed by atoms with Crippen LogP contribution in [0, 0.1) is 17.0 Å². The summed E-state index contributed by atoms with van der Waals surface area (Å²) in [6.45, 7) is 1.27. The minimum absolute atomic E-state index is 0.0235. The molecule has 16 heavy (non-hydrogen) atoms. The first-order valence-electron chi connectivity index (χ1n) is 3.98. The van der Waals surface area contributed by atoms with E-state index >= 15 is 0 Å². The molecule has 8 heteroatoms. The number of hydrogen-bond donors (Lipinski definition) is 0. The lowest BCUT2D eigenvalue weighted by Gasteiger charge is -2.07. The molecule has 0 aromatic carbocycles. The average Bonchev–Trinajstić information content (AvgIpc) is 2.15. The van der Waals surface area contributed by atoms with Crippen LogP contribution in [0.4, 0.5) is 14.6 Å². The van der Waals surface area contributed by atoms with Gasteiger partial charge >= 0.3 is 5.82 Å². The number of pyridine rings is 1. The summed E-state index contributed by atoms with van der Waals surface area (Å²) < 4.78 is 25.3. The van der Waals surface area contributed by atoms with E-state index in [0.717, 1.165) is 6.20 Å². The number of hydrogen-bond acceptors (Lipinski definition) is 4. The average molecular weight is 251 g/mol. The monoisotopic (exact) mass is 250 g/mol. The van der Waals surface area contributed by atoms with Crippen molar-refractivity contribution in [1.29, 1.82) is 0 Å². The highest BCUT2D eigenvalue weighted by Gasteiger charge is 2.30. The second kappa shape index (κ2) is 4.48. The summed E-state index contributed by atoms with van der Waals surface area (Å²) >= 11 is 5.06. The number of carbonyl (C=O) groups is 1. The zero-order valence-electron chi connectivity index (χ0n) is 7.91. The van der Waals surface area contributed by atoms with Gasteiger partial charge in [0, 0.05) is 11.1 Å². The van der Waals surface area contributed by atoms with Gasteiger partial charge in [-0.1, -0.05) is 0 Å². The first-order valence-corrected chi connectivity index (χ1v) is 4.36. The van der Waals surface area contributed by atoms with E-state index in [4.69, 9.17) is 11.6 Å². The number of nitro groups is 1. The Morgan fingerprint density at radius 1 is 1.62 bits per heavy atom. The fourth-order valence-corrected chi connectivity index (χ4v) is 1.41. The van der Waals surface area contributed by atoms with Gasteiger partial charge < -0.3 is 10.1 Å². The Morgan fingerprint density at radius 2 is 2.19 bits per heavy atom. The Kier molecular flexibility index (Phi) is 3.48. The van der Waals surface area contributed by atoms with Crippen LogP contribution in [0.15, 0.2) is 6.20 Å². The van der Waals surface area contributed by atoms with Crippen molar-refractivity contribution in [3.63, 3.8) is 0 Å². The fourth-order valence-electron chi connectivity index (χ4n) is 1.22. The normalized spacial score (nSPS) is 10.6. The molecule has 0 fully saturated rings. The molecule has 0 aliphatic heterocycles. The maximum atomic E-state index is 12.6. The SMILES string of the molecule is Cc1cnc([N+](=O)[O-])c(C(=O)Cl)c1C(F)F. The minimum atomic E-state index is -3.03. The van der Waals surface area contributed by atoms with Crippen molar-refractivity contribution in [2.24, 2.45) is 0 Å². The van der Waals surface area contributed by atoms with E-state index in [0.29, 0.717) is 0 Å². The molecule has 0 saturated carbocycles. The Balaban J connectivity index is 3.63. The van der Waals surface area contributed by atoms with Gasteiger partial charge in [-0.3, -0.25) is 4.79 Å². The quantitative estimate of drug-likeness (QED) is 0.469. The van der Waals surface area contributed by atoms with Gasteiger partial charge in [-0.15, -0.1) is 0 Å². The third-order valence-electron chi connectivity index (χ3n) is 1.89. The number of aromatic nitrogens is 1. The number of nitrogens with zero attached hydrogens (tertiary/aromatic N) is 2. The third-order valence-corrected chi connectivity index (χ3v) is 2.07. The molecular formula is C8H5ClF2N2O3. The van der Waals surface area contributed by atoms with Crippen molar-refractivity contribution in [2.75, 3.05) is 0 Å². The van der Waals surface area contributed by atoms with Gasteiger partial charge in [-0.2, -0.15) is 0 Å². The Morgan fingerprint density at radius 3 is 2.56 bits per heavy atom. The Bertz CT molecular complexity index is 465. The van der Waals surface area contributed by atoms with E-state index in [9.17, 15) is 23.7 Å². The number of aryl methyl sites for hydroxylation is 1. The van der Waals surface area contributed by atoms with Gasteiger partial charge in [0.15, 0.2) is 0 Å². The lowest BCUT2D eigenvalue weighted by molar-refractivity contribution is -0.389. The van der Waals surface area contributed by atoms with Crippen LogP contribution in [-0.4, -0.2) is 15.1 Å². The summed E-state index contributed by atoms with van der Waals surface area (Å²) in [7, 11) is 0. The van der Waals surface area contributed by atoms with Crippen LogP contribution in [0.2, 0.25) is 0 Å². The van der Waals surface area contributed by atoms with E-state index in [1.54, 1.807) is 0 Å². The van der Waals surface area contributed by atoms with E-state index in [-0.39, 0.29) is 5.56 Å². The van der Waals surface area contributed by atoms with Gasteiger partial charge in [0.1, 0.15) is 11.8 Å². The number of rotatable bonds is 3. The number of alkyl halides is 2. The highest BCUT2D eigenvalue weighted by molar-refractivity contribution is 6.68. The standard InChI is InChI=1S/C8H5ClF2N2O3/c1-3-2-12-8(13(15)16)5(6(9)14)4(3)7(10)11/h2,7H,1H3. The van der Waals surface area contributed by atoms with Crippen molar-refractivity contribution in [1.82, 2.24) is 4.98 Å². The fraction of sp³-hybridized carbons (Fsp3) is 0.250. The van der Waals surface area contributed by atoms with Crippen LogP contribution in [-0.2, 0) is 0 Å². The van der Waals surface area contributed by atoms with Crippen LogP contribution in [0.25, 0.3) is 0 Å². The molecule has 0 saturated heterocycles. The Labute approximate surface area is 93.2 Å². The molecular weight excluding hydrogens is 246 g/mol. The molecule has 0 atom stereocenters. The summed E-state index contributed by atoms with van der Waals surface area (Å²) in [4.78, 5) is 23.7. The molecule has 1 aromatic heterocycles. The Hall–Kier alpha value is -1.63. The molecule has 0 aliphatic carbocycles. The molecule has 0 N–H and O–H groups in total. The third kappa shape index (κ3) is 2.13. The number of carbonyl (C=O) groups excluding carboxylic acids is 1. The maximum Gasteiger partial charge on any atom is 0.376 e. The van der Waals surface area contributed by atoms with Gasteiger partial charge in [0.2, 0.25) is 0 Å². The zero-order valence-corrected chi connectivity index (χ0v) is 8.66. The number of halogens is 3. The zero-order chi connectivity index (χ0) is 12.5. The lowest BCUT2D eigenvalue weighted by Crippen LogP contribution is -2.08. The molecule has 0 unspecified atom stereocenters. The van der Waals surface area contributed by atoms with Gasteiger partial charge in [0.25, 0.3) is 11.7 Å². The maximum absolute atomic E-state index is 12.6. The predicted octanol–water partition coefficient (Wildman–Crippen LogP) is 2.61. The van der Waals surface area contributed by atoms with Crippen LogP contribution in [0.1, 0.15) is 27.9 Å². The molecule has 0 radical (unpaired) electrons. The smallest absolute Gasteiger partial charge is 0.358 e. The molecule has 1 rings (SSSR count). The molecule has 0 amide bonds. The van der Waals surface area contributed by atoms with Crippen LogP contribution < -0.4 is 0 Å². The molecule has 86 valence electrons. The minimum Gasteiger partial charge on any atom is -0.358 e. The first-order chi connectivity index (χ1) is 7.36. The summed E-state index contributed by atoms with van der Waals surface area (Å²) in [5, 5.41) is 9.18. The van der Waals surface area contributed by atoms with Crippen LogP contribution in [0.3, 0.4) is 0 Å². The van der Waals surface area contributed by atoms with Crippen molar-refractivity contribution in [3.8, 4) is 0 Å². The molecule has 1 heterocycles. The van der Waals surface area contributed by atoms with Gasteiger partial charge in [0.05, 0.1) is 0 Å². The van der Waals surface area contributed by atoms with Gasteiger partial charge in [-0.05, 0) is 28.4 Å². The van der Waals surface area contributed by atoms with Crippen LogP contribution in [0.5, 0.6) is 0 Å². The van der Waals surface area contributed by atoms with E-state index < -0.39 is 33.5 Å². The molecule has 5 nitrogen and oxygen atoms in total. The summed E-state index contributed by atoms with van der Waals surface area (Å²) in [6.07, 6.45) is -2.12. The van der Waals surface area contributed by atoms with Gasteiger partial charge in [-0.25, -0.2) is 8.78 Å². The molecule has 0 bridgehead atoms. The molecule has 0 spiro atoms. The largest absolute Gasteiger partial charge is 0.376 e. The summed E-state index contributed by atoms with van der Waals surface area (Å²) in [5.41, 5.74) is -1.62. The highest BCUT2D eigenvalue weighted by atomic mass is 35.5. The lowest BCUT2D eigenvalue weighted by atomic mass is 10.1. The second-order valence-electron chi connectivity index (χ2n) is 2.89. The molecule has 1 aromatic rings. The summed E-state index contributed by atoms with van der Waals surface area (Å²) in [6, 6.07) is 0.